The Morgan fingerprint density at radius 1 is 1.10 bits per heavy atom. The quantitative estimate of drug-likeness (QED) is 0.659. The Kier molecular flexibility index (Phi) is 4.02. The molecule has 1 aromatic carbocycles. The fourth-order valence-corrected chi connectivity index (χ4v) is 4.11. The molecule has 0 spiro atoms. The molecule has 108 valence electrons. The van der Waals surface area contributed by atoms with E-state index in [1.807, 2.05) is 44.2 Å². The number of hydrogen-bond acceptors (Lipinski definition) is 4. The SMILES string of the molecule is Cc1c(C)c2ccc(OCc3ccc(Cl)s3)cc2sc1=O. The van der Waals surface area contributed by atoms with Crippen molar-refractivity contribution in [2.45, 2.75) is 20.5 Å². The van der Waals surface area contributed by atoms with Crippen molar-refractivity contribution in [1.29, 1.82) is 0 Å². The van der Waals surface area contributed by atoms with Crippen LogP contribution in [0.2, 0.25) is 4.34 Å². The summed E-state index contributed by atoms with van der Waals surface area (Å²) in [7, 11) is 0. The second-order valence-electron chi connectivity index (χ2n) is 4.79. The normalized spacial score (nSPS) is 11.0. The van der Waals surface area contributed by atoms with Crippen LogP contribution in [-0.4, -0.2) is 0 Å². The van der Waals surface area contributed by atoms with Gasteiger partial charge < -0.3 is 4.74 Å². The van der Waals surface area contributed by atoms with Crippen molar-refractivity contribution >= 4 is 44.4 Å². The number of hydrogen-bond donors (Lipinski definition) is 0. The van der Waals surface area contributed by atoms with E-state index in [2.05, 4.69) is 0 Å². The molecule has 3 aromatic rings. The summed E-state index contributed by atoms with van der Waals surface area (Å²) in [6, 6.07) is 9.72. The molecule has 0 N–H and O–H groups in total. The largest absolute Gasteiger partial charge is 0.488 e. The molecule has 0 atom stereocenters. The molecule has 0 saturated heterocycles. The van der Waals surface area contributed by atoms with Gasteiger partial charge >= 0.3 is 0 Å². The summed E-state index contributed by atoms with van der Waals surface area (Å²) < 4.78 is 7.62. The number of fused-ring (bicyclic) bond motifs is 1. The van der Waals surface area contributed by atoms with E-state index in [-0.39, 0.29) is 4.74 Å². The summed E-state index contributed by atoms with van der Waals surface area (Å²) in [6.07, 6.45) is 0. The van der Waals surface area contributed by atoms with Gasteiger partial charge in [0.25, 0.3) is 0 Å². The van der Waals surface area contributed by atoms with E-state index in [1.165, 1.54) is 22.7 Å². The molecule has 0 aliphatic rings. The second-order valence-corrected chi connectivity index (χ2v) is 7.61. The second kappa shape index (κ2) is 5.79. The molecule has 21 heavy (non-hydrogen) atoms. The van der Waals surface area contributed by atoms with Crippen molar-refractivity contribution < 1.29 is 4.74 Å². The summed E-state index contributed by atoms with van der Waals surface area (Å²) in [5, 5.41) is 1.11. The maximum atomic E-state index is 11.9. The molecule has 0 fully saturated rings. The molecule has 0 unspecified atom stereocenters. The van der Waals surface area contributed by atoms with Crippen molar-refractivity contribution in [3.05, 3.63) is 60.2 Å². The van der Waals surface area contributed by atoms with Gasteiger partial charge in [0, 0.05) is 15.1 Å². The van der Waals surface area contributed by atoms with E-state index in [0.717, 1.165) is 36.2 Å². The minimum Gasteiger partial charge on any atom is -0.488 e. The topological polar surface area (TPSA) is 26.3 Å². The minimum atomic E-state index is 0.113. The monoisotopic (exact) mass is 336 g/mol. The summed E-state index contributed by atoms with van der Waals surface area (Å²) >= 11 is 8.68. The van der Waals surface area contributed by atoms with Gasteiger partial charge in [0.15, 0.2) is 0 Å². The Morgan fingerprint density at radius 2 is 1.90 bits per heavy atom. The molecule has 3 rings (SSSR count). The number of ether oxygens (including phenoxy) is 1. The van der Waals surface area contributed by atoms with Gasteiger partial charge in [0.1, 0.15) is 12.4 Å². The van der Waals surface area contributed by atoms with Gasteiger partial charge in [-0.05, 0) is 55.1 Å². The van der Waals surface area contributed by atoms with Crippen LogP contribution in [0.1, 0.15) is 16.0 Å². The third-order valence-electron chi connectivity index (χ3n) is 3.44. The highest BCUT2D eigenvalue weighted by molar-refractivity contribution is 7.16. The van der Waals surface area contributed by atoms with Crippen LogP contribution in [0.25, 0.3) is 10.1 Å². The zero-order valence-corrected chi connectivity index (χ0v) is 14.0. The highest BCUT2D eigenvalue weighted by Gasteiger charge is 2.07. The predicted molar refractivity (Wildman–Crippen MR) is 91.2 cm³/mol. The summed E-state index contributed by atoms with van der Waals surface area (Å²) in [4.78, 5) is 13.0. The maximum Gasteiger partial charge on any atom is 0.236 e. The molecule has 2 heterocycles. The number of benzene rings is 1. The fourth-order valence-electron chi connectivity index (χ4n) is 2.10. The van der Waals surface area contributed by atoms with Crippen LogP contribution < -0.4 is 9.48 Å². The van der Waals surface area contributed by atoms with E-state index in [4.69, 9.17) is 16.3 Å². The predicted octanol–water partition coefficient (Wildman–Crippen LogP) is 5.17. The molecular formula is C16H13ClO2S2. The van der Waals surface area contributed by atoms with Crippen molar-refractivity contribution in [2.24, 2.45) is 0 Å². The average Bonchev–Trinajstić information content (AvgIpc) is 2.88. The van der Waals surface area contributed by atoms with Crippen LogP contribution >= 0.6 is 34.3 Å². The molecule has 0 aliphatic heterocycles. The summed E-state index contributed by atoms with van der Waals surface area (Å²) in [6.45, 7) is 4.35. The van der Waals surface area contributed by atoms with Crippen LogP contribution in [0.3, 0.4) is 0 Å². The first-order valence-corrected chi connectivity index (χ1v) is 8.47. The molecular weight excluding hydrogens is 324 g/mol. The Hall–Kier alpha value is -1.36. The van der Waals surface area contributed by atoms with Gasteiger partial charge in [-0.15, -0.1) is 11.3 Å². The number of rotatable bonds is 3. The lowest BCUT2D eigenvalue weighted by Gasteiger charge is -2.08. The number of thiophene rings is 1. The smallest absolute Gasteiger partial charge is 0.236 e. The Morgan fingerprint density at radius 3 is 2.62 bits per heavy atom. The standard InChI is InChI=1S/C16H13ClO2S2/c1-9-10(2)16(18)21-14-7-11(3-5-13(9)14)19-8-12-4-6-15(17)20-12/h3-7H,8H2,1-2H3. The zero-order valence-electron chi connectivity index (χ0n) is 11.6. The Balaban J connectivity index is 1.90. The Labute approximate surface area is 135 Å². The zero-order chi connectivity index (χ0) is 15.0. The van der Waals surface area contributed by atoms with Gasteiger partial charge in [-0.3, -0.25) is 4.79 Å². The van der Waals surface area contributed by atoms with Crippen LogP contribution in [0.15, 0.2) is 35.1 Å². The van der Waals surface area contributed by atoms with Gasteiger partial charge in [0.05, 0.1) is 4.34 Å². The molecule has 0 saturated carbocycles. The van der Waals surface area contributed by atoms with E-state index in [0.29, 0.717) is 6.61 Å². The number of aryl methyl sites for hydroxylation is 1. The van der Waals surface area contributed by atoms with Gasteiger partial charge in [-0.1, -0.05) is 22.9 Å². The fraction of sp³-hybridized carbons (Fsp3) is 0.188. The van der Waals surface area contributed by atoms with Crippen LogP contribution in [0.4, 0.5) is 0 Å². The lowest BCUT2D eigenvalue weighted by Crippen LogP contribution is -2.02. The first kappa shape index (κ1) is 14.6. The maximum absolute atomic E-state index is 11.9. The Bertz CT molecular complexity index is 864. The van der Waals surface area contributed by atoms with Gasteiger partial charge in [-0.25, -0.2) is 0 Å². The van der Waals surface area contributed by atoms with Crippen molar-refractivity contribution in [2.75, 3.05) is 0 Å². The third-order valence-corrected chi connectivity index (χ3v) is 5.69. The lowest BCUT2D eigenvalue weighted by atomic mass is 10.1. The molecule has 0 bridgehead atoms. The average molecular weight is 337 g/mol. The molecule has 0 aliphatic carbocycles. The van der Waals surface area contributed by atoms with Crippen molar-refractivity contribution in [1.82, 2.24) is 0 Å². The van der Waals surface area contributed by atoms with Crippen molar-refractivity contribution in [3.63, 3.8) is 0 Å². The molecule has 2 nitrogen and oxygen atoms in total. The van der Waals surface area contributed by atoms with Gasteiger partial charge in [0.2, 0.25) is 4.74 Å². The first-order chi connectivity index (χ1) is 10.0. The highest BCUT2D eigenvalue weighted by Crippen LogP contribution is 2.28. The summed E-state index contributed by atoms with van der Waals surface area (Å²) in [5.41, 5.74) is 1.87. The molecule has 2 aromatic heterocycles. The highest BCUT2D eigenvalue weighted by atomic mass is 35.5. The molecule has 0 amide bonds. The van der Waals surface area contributed by atoms with E-state index < -0.39 is 0 Å². The van der Waals surface area contributed by atoms with Crippen LogP contribution in [0.5, 0.6) is 5.75 Å². The van der Waals surface area contributed by atoms with Gasteiger partial charge in [-0.2, -0.15) is 0 Å². The third kappa shape index (κ3) is 2.98. The van der Waals surface area contributed by atoms with E-state index in [1.54, 1.807) is 0 Å². The van der Waals surface area contributed by atoms with Crippen molar-refractivity contribution in [3.8, 4) is 5.75 Å². The lowest BCUT2D eigenvalue weighted by molar-refractivity contribution is 0.310. The molecule has 5 heteroatoms. The minimum absolute atomic E-state index is 0.113. The van der Waals surface area contributed by atoms with Crippen LogP contribution in [0, 0.1) is 13.8 Å². The molecule has 0 radical (unpaired) electrons. The summed E-state index contributed by atoms with van der Waals surface area (Å²) in [5.74, 6) is 0.769. The first-order valence-electron chi connectivity index (χ1n) is 6.45. The van der Waals surface area contributed by atoms with E-state index >= 15 is 0 Å². The van der Waals surface area contributed by atoms with E-state index in [9.17, 15) is 4.79 Å². The van der Waals surface area contributed by atoms with Crippen LogP contribution in [-0.2, 0) is 6.61 Å². The number of halogens is 1.